The van der Waals surface area contributed by atoms with Crippen LogP contribution < -0.4 is 5.56 Å². The molecular weight excluding hydrogens is 278 g/mol. The fourth-order valence-corrected chi connectivity index (χ4v) is 3.04. The van der Waals surface area contributed by atoms with E-state index in [0.29, 0.717) is 0 Å². The molecule has 0 unspecified atom stereocenters. The third-order valence-electron chi connectivity index (χ3n) is 3.55. The van der Waals surface area contributed by atoms with Crippen LogP contribution in [0.1, 0.15) is 29.5 Å². The van der Waals surface area contributed by atoms with Crippen LogP contribution in [0.3, 0.4) is 0 Å². The Morgan fingerprint density at radius 3 is 2.71 bits per heavy atom. The Hall–Kier alpha value is -1.09. The maximum atomic E-state index is 12.0. The van der Waals surface area contributed by atoms with E-state index in [9.17, 15) is 4.79 Å². The molecule has 0 amide bonds. The zero-order chi connectivity index (χ0) is 11.8. The van der Waals surface area contributed by atoms with Gasteiger partial charge in [0.05, 0.1) is 0 Å². The number of fused-ring (bicyclic) bond motifs is 3. The lowest BCUT2D eigenvalue weighted by atomic mass is 9.90. The average molecular weight is 292 g/mol. The lowest BCUT2D eigenvalue weighted by Crippen LogP contribution is -2.19. The second kappa shape index (κ2) is 4.30. The van der Waals surface area contributed by atoms with Gasteiger partial charge in [-0.25, -0.2) is 0 Å². The molecule has 0 fully saturated rings. The van der Waals surface area contributed by atoms with E-state index in [1.807, 2.05) is 0 Å². The fourth-order valence-electron chi connectivity index (χ4n) is 2.69. The molecule has 3 heteroatoms. The Kier molecular flexibility index (Phi) is 2.79. The summed E-state index contributed by atoms with van der Waals surface area (Å²) >= 11 is 3.44. The quantitative estimate of drug-likeness (QED) is 0.804. The Bertz CT molecular complexity index is 630. The van der Waals surface area contributed by atoms with E-state index < -0.39 is 0 Å². The summed E-state index contributed by atoms with van der Waals surface area (Å²) in [7, 11) is 0. The van der Waals surface area contributed by atoms with Gasteiger partial charge in [-0.1, -0.05) is 28.1 Å². The molecule has 1 aliphatic rings. The van der Waals surface area contributed by atoms with Gasteiger partial charge in [-0.2, -0.15) is 0 Å². The summed E-state index contributed by atoms with van der Waals surface area (Å²) < 4.78 is 0. The largest absolute Gasteiger partial charge is 0.322 e. The predicted octanol–water partition coefficient (Wildman–Crippen LogP) is 3.30. The average Bonchev–Trinajstić information content (AvgIpc) is 2.38. The van der Waals surface area contributed by atoms with E-state index in [0.717, 1.165) is 35.7 Å². The molecule has 0 saturated heterocycles. The van der Waals surface area contributed by atoms with Crippen LogP contribution in [0.15, 0.2) is 23.0 Å². The molecule has 0 bridgehead atoms. The number of hydrogen-bond acceptors (Lipinski definition) is 1. The minimum Gasteiger partial charge on any atom is -0.322 e. The van der Waals surface area contributed by atoms with Crippen LogP contribution in [0.5, 0.6) is 0 Å². The number of pyridine rings is 1. The first-order chi connectivity index (χ1) is 8.29. The molecule has 1 aliphatic carbocycles. The summed E-state index contributed by atoms with van der Waals surface area (Å²) in [4.78, 5) is 15.0. The highest BCUT2D eigenvalue weighted by molar-refractivity contribution is 9.08. The molecule has 0 spiro atoms. The van der Waals surface area contributed by atoms with Gasteiger partial charge in [0, 0.05) is 21.8 Å². The van der Waals surface area contributed by atoms with Gasteiger partial charge in [-0.3, -0.25) is 4.79 Å². The Morgan fingerprint density at radius 1 is 1.18 bits per heavy atom. The molecule has 1 aromatic carbocycles. The maximum absolute atomic E-state index is 12.0. The van der Waals surface area contributed by atoms with Crippen LogP contribution >= 0.6 is 15.9 Å². The van der Waals surface area contributed by atoms with E-state index in [-0.39, 0.29) is 5.56 Å². The van der Waals surface area contributed by atoms with Gasteiger partial charge in [0.25, 0.3) is 5.56 Å². The van der Waals surface area contributed by atoms with Crippen molar-refractivity contribution >= 4 is 26.8 Å². The molecule has 0 aliphatic heterocycles. The van der Waals surface area contributed by atoms with Crippen molar-refractivity contribution in [2.45, 2.75) is 31.0 Å². The Morgan fingerprint density at radius 2 is 1.94 bits per heavy atom. The SMILES string of the molecule is O=c1[nH]c2cc(CBr)ccc2c2c1CCCC2. The first-order valence-electron chi connectivity index (χ1n) is 6.02. The summed E-state index contributed by atoms with van der Waals surface area (Å²) in [6.45, 7) is 0. The molecule has 88 valence electrons. The highest BCUT2D eigenvalue weighted by Gasteiger charge is 2.16. The van der Waals surface area contributed by atoms with Crippen LogP contribution in [0.25, 0.3) is 10.9 Å². The first kappa shape index (κ1) is 11.0. The molecule has 1 N–H and O–H groups in total. The Labute approximate surface area is 108 Å². The van der Waals surface area contributed by atoms with Crippen molar-refractivity contribution < 1.29 is 0 Å². The molecule has 2 nitrogen and oxygen atoms in total. The zero-order valence-electron chi connectivity index (χ0n) is 9.55. The van der Waals surface area contributed by atoms with E-state index in [1.54, 1.807) is 0 Å². The number of halogens is 1. The lowest BCUT2D eigenvalue weighted by molar-refractivity contribution is 0.682. The number of nitrogens with one attached hydrogen (secondary N) is 1. The van der Waals surface area contributed by atoms with E-state index in [1.165, 1.54) is 22.9 Å². The van der Waals surface area contributed by atoms with E-state index >= 15 is 0 Å². The summed E-state index contributed by atoms with van der Waals surface area (Å²) in [5, 5.41) is 2.05. The summed E-state index contributed by atoms with van der Waals surface area (Å²) in [6.07, 6.45) is 4.32. The molecule has 0 atom stereocenters. The number of aromatic amines is 1. The van der Waals surface area contributed by atoms with Crippen molar-refractivity contribution in [2.24, 2.45) is 0 Å². The van der Waals surface area contributed by atoms with Gasteiger partial charge < -0.3 is 4.98 Å². The summed E-state index contributed by atoms with van der Waals surface area (Å²) in [6, 6.07) is 6.34. The third kappa shape index (κ3) is 1.82. The van der Waals surface area contributed by atoms with Crippen LogP contribution in [-0.2, 0) is 18.2 Å². The molecule has 2 aromatic rings. The molecule has 0 radical (unpaired) electrons. The predicted molar refractivity (Wildman–Crippen MR) is 73.8 cm³/mol. The number of rotatable bonds is 1. The third-order valence-corrected chi connectivity index (χ3v) is 4.20. The van der Waals surface area contributed by atoms with Crippen LogP contribution in [0, 0.1) is 0 Å². The lowest BCUT2D eigenvalue weighted by Gasteiger charge is -2.17. The molecule has 17 heavy (non-hydrogen) atoms. The minimum atomic E-state index is 0.110. The summed E-state index contributed by atoms with van der Waals surface area (Å²) in [5.41, 5.74) is 4.57. The normalized spacial score (nSPS) is 14.9. The number of aryl methyl sites for hydroxylation is 1. The molecular formula is C14H14BrNO. The van der Waals surface area contributed by atoms with Crippen molar-refractivity contribution in [3.63, 3.8) is 0 Å². The van der Waals surface area contributed by atoms with Gasteiger partial charge in [-0.15, -0.1) is 0 Å². The second-order valence-electron chi connectivity index (χ2n) is 4.63. The highest BCUT2D eigenvalue weighted by Crippen LogP contribution is 2.26. The van der Waals surface area contributed by atoms with Crippen molar-refractivity contribution in [1.82, 2.24) is 4.98 Å². The smallest absolute Gasteiger partial charge is 0.251 e. The van der Waals surface area contributed by atoms with Gasteiger partial charge in [0.15, 0.2) is 0 Å². The molecule has 3 rings (SSSR count). The summed E-state index contributed by atoms with van der Waals surface area (Å²) in [5.74, 6) is 0. The van der Waals surface area contributed by atoms with Crippen LogP contribution in [0.2, 0.25) is 0 Å². The van der Waals surface area contributed by atoms with Crippen molar-refractivity contribution in [2.75, 3.05) is 0 Å². The number of H-pyrrole nitrogens is 1. The van der Waals surface area contributed by atoms with Gasteiger partial charge in [0.2, 0.25) is 0 Å². The van der Waals surface area contributed by atoms with Crippen molar-refractivity contribution in [3.8, 4) is 0 Å². The fraction of sp³-hybridized carbons (Fsp3) is 0.357. The zero-order valence-corrected chi connectivity index (χ0v) is 11.1. The van der Waals surface area contributed by atoms with Crippen molar-refractivity contribution in [1.29, 1.82) is 0 Å². The van der Waals surface area contributed by atoms with Gasteiger partial charge >= 0.3 is 0 Å². The van der Waals surface area contributed by atoms with E-state index in [4.69, 9.17) is 0 Å². The number of alkyl halides is 1. The van der Waals surface area contributed by atoms with Crippen molar-refractivity contribution in [3.05, 3.63) is 45.2 Å². The first-order valence-corrected chi connectivity index (χ1v) is 7.14. The monoisotopic (exact) mass is 291 g/mol. The van der Waals surface area contributed by atoms with Gasteiger partial charge in [0.1, 0.15) is 0 Å². The van der Waals surface area contributed by atoms with Crippen LogP contribution in [-0.4, -0.2) is 4.98 Å². The second-order valence-corrected chi connectivity index (χ2v) is 5.19. The molecule has 1 heterocycles. The number of aromatic nitrogens is 1. The Balaban J connectivity index is 2.34. The number of hydrogen-bond donors (Lipinski definition) is 1. The maximum Gasteiger partial charge on any atom is 0.251 e. The van der Waals surface area contributed by atoms with E-state index in [2.05, 4.69) is 39.1 Å². The topological polar surface area (TPSA) is 32.9 Å². The molecule has 1 aromatic heterocycles. The van der Waals surface area contributed by atoms with Gasteiger partial charge in [-0.05, 0) is 42.9 Å². The van der Waals surface area contributed by atoms with Crippen LogP contribution in [0.4, 0.5) is 0 Å². The minimum absolute atomic E-state index is 0.110. The number of benzene rings is 1. The highest BCUT2D eigenvalue weighted by atomic mass is 79.9. The molecule has 0 saturated carbocycles. The standard InChI is InChI=1S/C14H14BrNO/c15-8-9-5-6-11-10-3-1-2-4-12(10)14(17)16-13(11)7-9/h5-7H,1-4,8H2,(H,16,17).